The first-order valence-electron chi connectivity index (χ1n) is 5.54. The zero-order valence-corrected chi connectivity index (χ0v) is 10.9. The van der Waals surface area contributed by atoms with Crippen LogP contribution in [0.1, 0.15) is 25.3 Å². The van der Waals surface area contributed by atoms with Crippen molar-refractivity contribution in [2.75, 3.05) is 5.75 Å². The molecule has 0 unspecified atom stereocenters. The van der Waals surface area contributed by atoms with Crippen molar-refractivity contribution in [3.63, 3.8) is 0 Å². The first-order chi connectivity index (χ1) is 8.11. The molecule has 0 aliphatic heterocycles. The van der Waals surface area contributed by atoms with Gasteiger partial charge in [-0.1, -0.05) is 24.6 Å². The van der Waals surface area contributed by atoms with Gasteiger partial charge in [-0.15, -0.1) is 0 Å². The molecule has 0 saturated carbocycles. The summed E-state index contributed by atoms with van der Waals surface area (Å²) in [6.45, 7) is 3.79. The van der Waals surface area contributed by atoms with Crippen LogP contribution in [0.25, 0.3) is 0 Å². The molecule has 92 valence electrons. The van der Waals surface area contributed by atoms with Crippen molar-refractivity contribution in [1.82, 2.24) is 0 Å². The highest BCUT2D eigenvalue weighted by Crippen LogP contribution is 2.16. The Hall–Kier alpha value is -1.29. The van der Waals surface area contributed by atoms with Crippen molar-refractivity contribution >= 4 is 22.8 Å². The summed E-state index contributed by atoms with van der Waals surface area (Å²) in [7, 11) is 0. The van der Waals surface area contributed by atoms with Crippen LogP contribution in [0.3, 0.4) is 0 Å². The van der Waals surface area contributed by atoms with E-state index in [9.17, 15) is 9.59 Å². The molecule has 17 heavy (non-hydrogen) atoms. The number of carbonyl (C=O) groups excluding carboxylic acids is 2. The van der Waals surface area contributed by atoms with E-state index in [1.807, 2.05) is 26.0 Å². The third-order valence-electron chi connectivity index (χ3n) is 2.22. The Labute approximate surface area is 106 Å². The Bertz CT molecular complexity index is 384. The van der Waals surface area contributed by atoms with Gasteiger partial charge in [0.25, 0.3) is 0 Å². The molecule has 0 radical (unpaired) electrons. The van der Waals surface area contributed by atoms with Crippen LogP contribution in [-0.4, -0.2) is 16.8 Å². The van der Waals surface area contributed by atoms with Gasteiger partial charge in [0.1, 0.15) is 11.5 Å². The van der Waals surface area contributed by atoms with Gasteiger partial charge < -0.3 is 4.74 Å². The molecule has 4 heteroatoms. The molecule has 0 N–H and O–H groups in total. The first-order valence-corrected chi connectivity index (χ1v) is 6.53. The molecule has 0 amide bonds. The number of hydrogen-bond acceptors (Lipinski definition) is 4. The molecule has 1 aromatic rings. The Morgan fingerprint density at radius 2 is 1.88 bits per heavy atom. The van der Waals surface area contributed by atoms with Gasteiger partial charge in [-0.3, -0.25) is 4.79 Å². The summed E-state index contributed by atoms with van der Waals surface area (Å²) in [5.74, 6) is 1.19. The van der Waals surface area contributed by atoms with Crippen LogP contribution >= 0.6 is 11.8 Å². The number of thioether (sulfide) groups is 1. The molecule has 0 fully saturated rings. The maximum Gasteiger partial charge on any atom is 0.372 e. The van der Waals surface area contributed by atoms with Gasteiger partial charge in [-0.25, -0.2) is 4.79 Å². The van der Waals surface area contributed by atoms with E-state index in [1.54, 1.807) is 12.1 Å². The highest BCUT2D eigenvalue weighted by molar-refractivity contribution is 8.13. The van der Waals surface area contributed by atoms with Gasteiger partial charge in [0.2, 0.25) is 0 Å². The largest absolute Gasteiger partial charge is 0.418 e. The molecule has 0 saturated heterocycles. The Morgan fingerprint density at radius 3 is 2.47 bits per heavy atom. The highest BCUT2D eigenvalue weighted by atomic mass is 32.2. The molecule has 0 aliphatic carbocycles. The summed E-state index contributed by atoms with van der Waals surface area (Å²) in [6.07, 6.45) is 0.942. The predicted octanol–water partition coefficient (Wildman–Crippen LogP) is 3.60. The second-order valence-corrected chi connectivity index (χ2v) is 4.69. The van der Waals surface area contributed by atoms with Crippen LogP contribution in [0.4, 0.5) is 4.79 Å². The maximum absolute atomic E-state index is 11.4. The molecular formula is C13H16O3S. The van der Waals surface area contributed by atoms with Gasteiger partial charge >= 0.3 is 5.30 Å². The Morgan fingerprint density at radius 1 is 1.24 bits per heavy atom. The lowest BCUT2D eigenvalue weighted by Gasteiger charge is -2.03. The number of rotatable bonds is 5. The lowest BCUT2D eigenvalue weighted by Crippen LogP contribution is -2.04. The van der Waals surface area contributed by atoms with Crippen molar-refractivity contribution in [3.8, 4) is 5.75 Å². The Balaban J connectivity index is 2.30. The fourth-order valence-electron chi connectivity index (χ4n) is 1.16. The minimum absolute atomic E-state index is 0.167. The van der Waals surface area contributed by atoms with E-state index in [-0.39, 0.29) is 11.1 Å². The fourth-order valence-corrected chi connectivity index (χ4v) is 1.81. The first kappa shape index (κ1) is 13.8. The van der Waals surface area contributed by atoms with Crippen LogP contribution < -0.4 is 4.74 Å². The molecule has 0 heterocycles. The smallest absolute Gasteiger partial charge is 0.372 e. The number of aryl methyl sites for hydroxylation is 1. The van der Waals surface area contributed by atoms with E-state index in [1.165, 1.54) is 0 Å². The van der Waals surface area contributed by atoms with Gasteiger partial charge in [0, 0.05) is 18.6 Å². The number of Topliss-reactive ketones (excluding diaryl/α,β-unsaturated/α-hetero) is 1. The second kappa shape index (κ2) is 7.12. The molecule has 0 atom stereocenters. The predicted molar refractivity (Wildman–Crippen MR) is 69.6 cm³/mol. The van der Waals surface area contributed by atoms with E-state index in [0.29, 0.717) is 24.3 Å². The SMILES string of the molecule is CCC(=O)CCSC(=O)Oc1ccc(C)cc1. The van der Waals surface area contributed by atoms with Crippen molar-refractivity contribution in [2.45, 2.75) is 26.7 Å². The quantitative estimate of drug-likeness (QED) is 0.751. The summed E-state index contributed by atoms with van der Waals surface area (Å²) < 4.78 is 5.10. The summed E-state index contributed by atoms with van der Waals surface area (Å²) in [6, 6.07) is 7.28. The van der Waals surface area contributed by atoms with Crippen LogP contribution in [0.15, 0.2) is 24.3 Å². The van der Waals surface area contributed by atoms with Gasteiger partial charge in [-0.2, -0.15) is 0 Å². The van der Waals surface area contributed by atoms with Gasteiger partial charge in [0.15, 0.2) is 0 Å². The molecule has 1 aromatic carbocycles. The number of ether oxygens (including phenoxy) is 1. The third kappa shape index (κ3) is 5.54. The molecule has 0 aliphatic rings. The number of carbonyl (C=O) groups is 2. The summed E-state index contributed by atoms with van der Waals surface area (Å²) in [5, 5.41) is -0.363. The van der Waals surface area contributed by atoms with E-state index in [2.05, 4.69) is 0 Å². The van der Waals surface area contributed by atoms with Gasteiger partial charge in [0.05, 0.1) is 0 Å². The van der Waals surface area contributed by atoms with Crippen molar-refractivity contribution in [3.05, 3.63) is 29.8 Å². The standard InChI is InChI=1S/C13H16O3S/c1-3-11(14)8-9-17-13(15)16-12-6-4-10(2)5-7-12/h4-7H,3,8-9H2,1-2H3. The average Bonchev–Trinajstić information content (AvgIpc) is 2.32. The molecule has 0 aromatic heterocycles. The number of ketones is 1. The van der Waals surface area contributed by atoms with Crippen molar-refractivity contribution < 1.29 is 14.3 Å². The molecule has 0 spiro atoms. The van der Waals surface area contributed by atoms with Crippen LogP contribution in [0.5, 0.6) is 5.75 Å². The normalized spacial score (nSPS) is 10.0. The lowest BCUT2D eigenvalue weighted by atomic mass is 10.2. The zero-order valence-electron chi connectivity index (χ0n) is 10.1. The second-order valence-electron chi connectivity index (χ2n) is 3.66. The van der Waals surface area contributed by atoms with E-state index in [0.717, 1.165) is 17.3 Å². The zero-order chi connectivity index (χ0) is 12.7. The van der Waals surface area contributed by atoms with Gasteiger partial charge in [-0.05, 0) is 30.8 Å². The van der Waals surface area contributed by atoms with E-state index < -0.39 is 0 Å². The van der Waals surface area contributed by atoms with Crippen LogP contribution in [0, 0.1) is 6.92 Å². The summed E-state index contributed by atoms with van der Waals surface area (Å²) in [5.41, 5.74) is 1.12. The maximum atomic E-state index is 11.4. The molecule has 0 bridgehead atoms. The Kier molecular flexibility index (Phi) is 5.77. The average molecular weight is 252 g/mol. The fraction of sp³-hybridized carbons (Fsp3) is 0.385. The molecular weight excluding hydrogens is 236 g/mol. The van der Waals surface area contributed by atoms with Crippen molar-refractivity contribution in [1.29, 1.82) is 0 Å². The number of hydrogen-bond donors (Lipinski definition) is 0. The van der Waals surface area contributed by atoms with E-state index in [4.69, 9.17) is 4.74 Å². The summed E-state index contributed by atoms with van der Waals surface area (Å²) in [4.78, 5) is 22.4. The number of benzene rings is 1. The summed E-state index contributed by atoms with van der Waals surface area (Å²) >= 11 is 1.04. The minimum atomic E-state index is -0.363. The molecule has 3 nitrogen and oxygen atoms in total. The van der Waals surface area contributed by atoms with E-state index >= 15 is 0 Å². The van der Waals surface area contributed by atoms with Crippen LogP contribution in [-0.2, 0) is 4.79 Å². The molecule has 1 rings (SSSR count). The highest BCUT2D eigenvalue weighted by Gasteiger charge is 2.07. The van der Waals surface area contributed by atoms with Crippen LogP contribution in [0.2, 0.25) is 0 Å². The third-order valence-corrected chi connectivity index (χ3v) is 2.94. The minimum Gasteiger partial charge on any atom is -0.418 e. The van der Waals surface area contributed by atoms with Crippen molar-refractivity contribution in [2.24, 2.45) is 0 Å². The monoisotopic (exact) mass is 252 g/mol. The topological polar surface area (TPSA) is 43.4 Å². The lowest BCUT2D eigenvalue weighted by molar-refractivity contribution is -0.118.